The van der Waals surface area contributed by atoms with Crippen LogP contribution < -0.4 is 21.7 Å². The minimum atomic E-state index is -1.04. The first-order valence-corrected chi connectivity index (χ1v) is 15.6. The maximum Gasteiger partial charge on any atom is 0.408 e. The van der Waals surface area contributed by atoms with Gasteiger partial charge < -0.3 is 26.4 Å². The second kappa shape index (κ2) is 18.9. The monoisotopic (exact) mass is 635 g/mol. The summed E-state index contributed by atoms with van der Waals surface area (Å²) in [5, 5.41) is 9.55. The minimum absolute atomic E-state index is 0.0360. The summed E-state index contributed by atoms with van der Waals surface area (Å²) < 4.78 is 5.33. The number of carbonyl (C=O) groups excluding carboxylic acids is 5. The normalized spacial score (nSPS) is 15.1. The van der Waals surface area contributed by atoms with Gasteiger partial charge in [0.2, 0.25) is 17.7 Å². The van der Waals surface area contributed by atoms with Crippen LogP contribution >= 0.6 is 0 Å². The third kappa shape index (κ3) is 13.1. The van der Waals surface area contributed by atoms with Crippen molar-refractivity contribution in [3.8, 4) is 0 Å². The van der Waals surface area contributed by atoms with E-state index in [9.17, 15) is 24.0 Å². The number of nitrogens with two attached hydrogens (primary N) is 1. The van der Waals surface area contributed by atoms with Gasteiger partial charge in [-0.05, 0) is 42.7 Å². The molecule has 5 N–H and O–H groups in total. The van der Waals surface area contributed by atoms with Gasteiger partial charge in [0.05, 0.1) is 6.61 Å². The van der Waals surface area contributed by atoms with Gasteiger partial charge in [-0.1, -0.05) is 80.6 Å². The molecule has 0 unspecified atom stereocenters. The van der Waals surface area contributed by atoms with Gasteiger partial charge in [0.25, 0.3) is 5.91 Å². The topological polar surface area (TPSA) is 169 Å². The third-order valence-corrected chi connectivity index (χ3v) is 7.19. The number of nitrogens with one attached hydrogen (secondary N) is 3. The van der Waals surface area contributed by atoms with Crippen molar-refractivity contribution in [3.63, 3.8) is 0 Å². The van der Waals surface area contributed by atoms with E-state index in [-0.39, 0.29) is 37.7 Å². The second-order valence-electron chi connectivity index (χ2n) is 11.6. The molecule has 248 valence electrons. The third-order valence-electron chi connectivity index (χ3n) is 7.19. The lowest BCUT2D eigenvalue weighted by molar-refractivity contribution is -0.191. The summed E-state index contributed by atoms with van der Waals surface area (Å²) in [6.07, 6.45) is 4.27. The Balaban J connectivity index is 1.74. The van der Waals surface area contributed by atoms with E-state index >= 15 is 0 Å². The van der Waals surface area contributed by atoms with Crippen LogP contribution in [0.5, 0.6) is 0 Å². The number of amides is 5. The van der Waals surface area contributed by atoms with E-state index < -0.39 is 41.9 Å². The number of hydrogen-bond donors (Lipinski definition) is 4. The first-order chi connectivity index (χ1) is 22.1. The van der Waals surface area contributed by atoms with Crippen molar-refractivity contribution in [1.29, 1.82) is 0 Å². The number of rotatable bonds is 16. The molecule has 1 aliphatic rings. The molecule has 1 fully saturated rings. The quantitative estimate of drug-likeness (QED) is 0.206. The summed E-state index contributed by atoms with van der Waals surface area (Å²) in [6, 6.07) is 15.6. The van der Waals surface area contributed by atoms with Gasteiger partial charge in [0.15, 0.2) is 0 Å². The van der Waals surface area contributed by atoms with Crippen molar-refractivity contribution in [2.24, 2.45) is 11.7 Å². The second-order valence-corrected chi connectivity index (χ2v) is 11.6. The minimum Gasteiger partial charge on any atom is -0.445 e. The molecular formula is C34H45N5O7. The van der Waals surface area contributed by atoms with Crippen LogP contribution in [0, 0.1) is 5.92 Å². The molecule has 0 aliphatic carbocycles. The van der Waals surface area contributed by atoms with E-state index in [0.717, 1.165) is 24.0 Å². The SMILES string of the molecule is CC(C)C[C@H](NC(=O)OCc1ccccc1)C(=O)N[C@@H](Cc1ccccc1)C(=O)N[C@H](/C=C/C(=O)N1CCCCO1)CCC(N)=O. The van der Waals surface area contributed by atoms with E-state index in [2.05, 4.69) is 16.0 Å². The summed E-state index contributed by atoms with van der Waals surface area (Å²) in [6.45, 7) is 4.76. The largest absolute Gasteiger partial charge is 0.445 e. The highest BCUT2D eigenvalue weighted by Crippen LogP contribution is 2.11. The van der Waals surface area contributed by atoms with E-state index in [1.165, 1.54) is 17.2 Å². The van der Waals surface area contributed by atoms with Gasteiger partial charge in [-0.25, -0.2) is 9.86 Å². The predicted octanol–water partition coefficient (Wildman–Crippen LogP) is 2.92. The first kappa shape index (κ1) is 35.8. The summed E-state index contributed by atoms with van der Waals surface area (Å²) in [5.41, 5.74) is 6.96. The Hall–Kier alpha value is -4.71. The molecule has 2 aromatic carbocycles. The lowest BCUT2D eigenvalue weighted by atomic mass is 10.0. The Kier molecular flexibility index (Phi) is 14.7. The van der Waals surface area contributed by atoms with Gasteiger partial charge in [-0.15, -0.1) is 0 Å². The molecule has 5 amide bonds. The molecular weight excluding hydrogens is 590 g/mol. The lowest BCUT2D eigenvalue weighted by Crippen LogP contribution is -2.55. The van der Waals surface area contributed by atoms with Crippen molar-refractivity contribution < 1.29 is 33.5 Å². The van der Waals surface area contributed by atoms with Crippen molar-refractivity contribution >= 4 is 29.7 Å². The Morgan fingerprint density at radius 1 is 0.891 bits per heavy atom. The lowest BCUT2D eigenvalue weighted by Gasteiger charge is -2.26. The highest BCUT2D eigenvalue weighted by Gasteiger charge is 2.29. The van der Waals surface area contributed by atoms with Crippen molar-refractivity contribution in [1.82, 2.24) is 21.0 Å². The van der Waals surface area contributed by atoms with Gasteiger partial charge in [0.1, 0.15) is 18.7 Å². The van der Waals surface area contributed by atoms with Gasteiger partial charge in [0, 0.05) is 31.5 Å². The fourth-order valence-corrected chi connectivity index (χ4v) is 4.79. The Morgan fingerprint density at radius 3 is 2.15 bits per heavy atom. The molecule has 0 saturated carbocycles. The first-order valence-electron chi connectivity index (χ1n) is 15.6. The maximum absolute atomic E-state index is 13.7. The molecule has 1 saturated heterocycles. The standard InChI is InChI=1S/C34H45N5O7/c1-24(2)21-28(38-34(44)45-23-26-13-7-4-8-14-26)33(43)37-29(22-25-11-5-3-6-12-25)32(42)36-27(15-17-30(35)40)16-18-31(41)39-19-9-10-20-46-39/h3-8,11-14,16,18,24,27-29H,9-10,15,17,19-23H2,1-2H3,(H2,35,40)(H,36,42)(H,37,43)(H,38,44)/b18-16+/t27-,28-,29-/m0/s1. The summed E-state index contributed by atoms with van der Waals surface area (Å²) in [4.78, 5) is 69.5. The van der Waals surface area contributed by atoms with Crippen LogP contribution in [0.3, 0.4) is 0 Å². The molecule has 12 nitrogen and oxygen atoms in total. The number of hydroxylamine groups is 2. The van der Waals surface area contributed by atoms with Crippen LogP contribution in [0.1, 0.15) is 57.1 Å². The van der Waals surface area contributed by atoms with E-state index in [0.29, 0.717) is 19.6 Å². The number of nitrogens with zero attached hydrogens (tertiary/aromatic N) is 1. The zero-order valence-electron chi connectivity index (χ0n) is 26.5. The molecule has 12 heteroatoms. The van der Waals surface area contributed by atoms with Crippen LogP contribution in [-0.2, 0) is 41.8 Å². The Bertz CT molecular complexity index is 1310. The fourth-order valence-electron chi connectivity index (χ4n) is 4.79. The highest BCUT2D eigenvalue weighted by molar-refractivity contribution is 5.92. The van der Waals surface area contributed by atoms with Gasteiger partial charge >= 0.3 is 6.09 Å². The van der Waals surface area contributed by atoms with Gasteiger partial charge in [-0.2, -0.15) is 0 Å². The van der Waals surface area contributed by atoms with Crippen LogP contribution in [0.4, 0.5) is 4.79 Å². The number of hydrogen-bond acceptors (Lipinski definition) is 7. The summed E-state index contributed by atoms with van der Waals surface area (Å²) >= 11 is 0. The van der Waals surface area contributed by atoms with Crippen LogP contribution in [0.25, 0.3) is 0 Å². The molecule has 2 aromatic rings. The molecule has 46 heavy (non-hydrogen) atoms. The Labute approximate surface area is 270 Å². The maximum atomic E-state index is 13.7. The molecule has 3 rings (SSSR count). The molecule has 3 atom stereocenters. The van der Waals surface area contributed by atoms with Crippen molar-refractivity contribution in [2.45, 2.75) is 77.1 Å². The average Bonchev–Trinajstić information content (AvgIpc) is 3.05. The fraction of sp³-hybridized carbons (Fsp3) is 0.441. The summed E-state index contributed by atoms with van der Waals surface area (Å²) in [7, 11) is 0. The zero-order chi connectivity index (χ0) is 33.3. The summed E-state index contributed by atoms with van der Waals surface area (Å²) in [5.74, 6) is -1.99. The van der Waals surface area contributed by atoms with E-state index in [4.69, 9.17) is 15.3 Å². The molecule has 0 radical (unpaired) electrons. The number of alkyl carbamates (subject to hydrolysis) is 1. The predicted molar refractivity (Wildman–Crippen MR) is 171 cm³/mol. The van der Waals surface area contributed by atoms with Crippen molar-refractivity contribution in [2.75, 3.05) is 13.2 Å². The molecule has 0 aromatic heterocycles. The van der Waals surface area contributed by atoms with Crippen LogP contribution in [0.15, 0.2) is 72.8 Å². The van der Waals surface area contributed by atoms with Crippen molar-refractivity contribution in [3.05, 3.63) is 83.9 Å². The average molecular weight is 636 g/mol. The Morgan fingerprint density at radius 2 is 1.54 bits per heavy atom. The number of primary amides is 1. The smallest absolute Gasteiger partial charge is 0.408 e. The zero-order valence-corrected chi connectivity index (χ0v) is 26.5. The molecule has 1 heterocycles. The van der Waals surface area contributed by atoms with E-state index in [1.54, 1.807) is 0 Å². The number of benzene rings is 2. The number of carbonyl (C=O) groups is 5. The highest BCUT2D eigenvalue weighted by atomic mass is 16.7. The van der Waals surface area contributed by atoms with Crippen LogP contribution in [0.2, 0.25) is 0 Å². The van der Waals surface area contributed by atoms with Gasteiger partial charge in [-0.3, -0.25) is 24.0 Å². The molecule has 0 spiro atoms. The molecule has 0 bridgehead atoms. The number of ether oxygens (including phenoxy) is 1. The van der Waals surface area contributed by atoms with Crippen LogP contribution in [-0.4, -0.2) is 66.1 Å². The molecule has 1 aliphatic heterocycles. The van der Waals surface area contributed by atoms with E-state index in [1.807, 2.05) is 74.5 Å².